The fourth-order valence-electron chi connectivity index (χ4n) is 2.54. The molecule has 7 nitrogen and oxygen atoms in total. The number of hydrogen-bond acceptors (Lipinski definition) is 4. The fourth-order valence-corrected chi connectivity index (χ4v) is 2.79. The van der Waals surface area contributed by atoms with Crippen molar-refractivity contribution < 1.29 is 17.9 Å². The molecular weight excluding hydrogens is 361 g/mol. The Morgan fingerprint density at radius 3 is 2.92 bits per heavy atom. The summed E-state index contributed by atoms with van der Waals surface area (Å²) in [6.07, 6.45) is -3.59. The second kappa shape index (κ2) is 6.68. The fraction of sp³-hybridized carbons (Fsp3) is 0.500. The van der Waals surface area contributed by atoms with Gasteiger partial charge in [0.2, 0.25) is 0 Å². The van der Waals surface area contributed by atoms with Crippen molar-refractivity contribution in [2.24, 2.45) is 10.7 Å². The summed E-state index contributed by atoms with van der Waals surface area (Å²) in [5.41, 5.74) is 5.21. The third kappa shape index (κ3) is 3.79. The van der Waals surface area contributed by atoms with Gasteiger partial charge in [-0.15, -0.1) is 10.2 Å². The van der Waals surface area contributed by atoms with Crippen LogP contribution in [0.5, 0.6) is 0 Å². The molecule has 2 aromatic rings. The van der Waals surface area contributed by atoms with Crippen LogP contribution in [0.15, 0.2) is 17.3 Å². The smallest absolute Gasteiger partial charge is 0.375 e. The van der Waals surface area contributed by atoms with Crippen LogP contribution in [0.1, 0.15) is 18.3 Å². The van der Waals surface area contributed by atoms with E-state index in [-0.39, 0.29) is 35.1 Å². The molecule has 0 saturated carbocycles. The summed E-state index contributed by atoms with van der Waals surface area (Å²) in [5, 5.41) is 7.55. The van der Waals surface area contributed by atoms with Crippen molar-refractivity contribution in [3.05, 3.63) is 28.7 Å². The number of pyridine rings is 1. The van der Waals surface area contributed by atoms with E-state index in [1.54, 1.807) is 0 Å². The molecule has 1 aliphatic heterocycles. The van der Waals surface area contributed by atoms with Crippen LogP contribution in [-0.2, 0) is 17.5 Å². The highest BCUT2D eigenvalue weighted by atomic mass is 35.5. The van der Waals surface area contributed by atoms with Crippen molar-refractivity contribution in [3.8, 4) is 0 Å². The van der Waals surface area contributed by atoms with Crippen molar-refractivity contribution >= 4 is 23.2 Å². The molecule has 1 aliphatic rings. The second-order valence-corrected chi connectivity index (χ2v) is 6.09. The maximum atomic E-state index is 12.9. The molecule has 25 heavy (non-hydrogen) atoms. The molecule has 0 radical (unpaired) electrons. The summed E-state index contributed by atoms with van der Waals surface area (Å²) >= 11 is 5.88. The first-order chi connectivity index (χ1) is 11.8. The Hall–Kier alpha value is -2.07. The highest BCUT2D eigenvalue weighted by molar-refractivity contribution is 6.33. The number of rotatable bonds is 2. The van der Waals surface area contributed by atoms with E-state index in [1.165, 1.54) is 4.40 Å². The average molecular weight is 377 g/mol. The number of hydrogen-bond donors (Lipinski definition) is 1. The SMILES string of the molecule is CC1CN(C(N)=NCc2nnc3c(Cl)cc(C(F)(F)F)cn23)CCO1. The lowest BCUT2D eigenvalue weighted by Gasteiger charge is -2.31. The number of aliphatic imine (C=N–C) groups is 1. The van der Waals surface area contributed by atoms with Gasteiger partial charge in [0.05, 0.1) is 23.3 Å². The first-order valence-electron chi connectivity index (χ1n) is 7.52. The Kier molecular flexibility index (Phi) is 4.74. The van der Waals surface area contributed by atoms with Gasteiger partial charge in [-0.05, 0) is 13.0 Å². The van der Waals surface area contributed by atoms with Gasteiger partial charge in [0.1, 0.15) is 6.54 Å². The Morgan fingerprint density at radius 1 is 1.48 bits per heavy atom. The molecule has 0 spiro atoms. The second-order valence-electron chi connectivity index (χ2n) is 5.69. The zero-order valence-corrected chi connectivity index (χ0v) is 14.0. The van der Waals surface area contributed by atoms with E-state index in [1.807, 2.05) is 11.8 Å². The molecule has 2 N–H and O–H groups in total. The highest BCUT2D eigenvalue weighted by Gasteiger charge is 2.32. The number of aromatic nitrogens is 3. The summed E-state index contributed by atoms with van der Waals surface area (Å²) in [6, 6.07) is 0.822. The zero-order valence-electron chi connectivity index (χ0n) is 13.3. The van der Waals surface area contributed by atoms with Crippen LogP contribution in [0.2, 0.25) is 5.02 Å². The van der Waals surface area contributed by atoms with Crippen LogP contribution in [-0.4, -0.2) is 51.3 Å². The van der Waals surface area contributed by atoms with Gasteiger partial charge in [-0.25, -0.2) is 4.99 Å². The van der Waals surface area contributed by atoms with Crippen molar-refractivity contribution in [2.45, 2.75) is 25.7 Å². The van der Waals surface area contributed by atoms with E-state index in [0.29, 0.717) is 19.7 Å². The van der Waals surface area contributed by atoms with Gasteiger partial charge in [-0.1, -0.05) is 11.6 Å². The number of alkyl halides is 3. The summed E-state index contributed by atoms with van der Waals surface area (Å²) in [7, 11) is 0. The van der Waals surface area contributed by atoms with Crippen LogP contribution in [0.25, 0.3) is 5.65 Å². The quantitative estimate of drug-likeness (QED) is 0.640. The van der Waals surface area contributed by atoms with Gasteiger partial charge in [0.25, 0.3) is 0 Å². The summed E-state index contributed by atoms with van der Waals surface area (Å²) < 4.78 is 45.5. The molecule has 1 saturated heterocycles. The molecular formula is C14H16ClF3N6O. The summed E-state index contributed by atoms with van der Waals surface area (Å²) in [5.74, 6) is 0.497. The van der Waals surface area contributed by atoms with Crippen LogP contribution in [0.3, 0.4) is 0 Å². The number of ether oxygens (including phenoxy) is 1. The molecule has 136 valence electrons. The lowest BCUT2D eigenvalue weighted by atomic mass is 10.3. The number of nitrogens with two attached hydrogens (primary N) is 1. The van der Waals surface area contributed by atoms with Crippen LogP contribution in [0.4, 0.5) is 13.2 Å². The molecule has 11 heteroatoms. The monoisotopic (exact) mass is 376 g/mol. The lowest BCUT2D eigenvalue weighted by molar-refractivity contribution is -0.137. The third-order valence-corrected chi connectivity index (χ3v) is 4.08. The predicted octanol–water partition coefficient (Wildman–Crippen LogP) is 1.94. The number of morpholine rings is 1. The van der Waals surface area contributed by atoms with Gasteiger partial charge >= 0.3 is 6.18 Å². The maximum absolute atomic E-state index is 12.9. The van der Waals surface area contributed by atoms with Crippen molar-refractivity contribution in [1.29, 1.82) is 0 Å². The molecule has 0 aromatic carbocycles. The number of halogens is 4. The van der Waals surface area contributed by atoms with Crippen molar-refractivity contribution in [1.82, 2.24) is 19.5 Å². The average Bonchev–Trinajstić information content (AvgIpc) is 2.95. The van der Waals surface area contributed by atoms with E-state index in [0.717, 1.165) is 12.3 Å². The molecule has 0 bridgehead atoms. The van der Waals surface area contributed by atoms with Crippen LogP contribution < -0.4 is 5.73 Å². The lowest BCUT2D eigenvalue weighted by Crippen LogP contribution is -2.47. The Labute approximate surface area is 146 Å². The molecule has 0 aliphatic carbocycles. The van der Waals surface area contributed by atoms with Crippen LogP contribution in [0, 0.1) is 0 Å². The van der Waals surface area contributed by atoms with E-state index in [2.05, 4.69) is 15.2 Å². The van der Waals surface area contributed by atoms with Gasteiger partial charge in [0, 0.05) is 19.3 Å². The Bertz CT molecular complexity index is 806. The van der Waals surface area contributed by atoms with Gasteiger partial charge in [0.15, 0.2) is 17.4 Å². The molecule has 1 fully saturated rings. The van der Waals surface area contributed by atoms with E-state index in [4.69, 9.17) is 22.1 Å². The highest BCUT2D eigenvalue weighted by Crippen LogP contribution is 2.32. The van der Waals surface area contributed by atoms with E-state index < -0.39 is 11.7 Å². The minimum atomic E-state index is -4.52. The summed E-state index contributed by atoms with van der Waals surface area (Å²) in [4.78, 5) is 6.07. The number of guanidine groups is 1. The minimum absolute atomic E-state index is 0.0175. The molecule has 2 aromatic heterocycles. The first kappa shape index (κ1) is 17.7. The predicted molar refractivity (Wildman–Crippen MR) is 85.3 cm³/mol. The van der Waals surface area contributed by atoms with Gasteiger partial charge in [-0.2, -0.15) is 13.2 Å². The molecule has 1 atom stereocenters. The molecule has 0 amide bonds. The maximum Gasteiger partial charge on any atom is 0.417 e. The van der Waals surface area contributed by atoms with Crippen molar-refractivity contribution in [2.75, 3.05) is 19.7 Å². The van der Waals surface area contributed by atoms with E-state index in [9.17, 15) is 13.2 Å². The largest absolute Gasteiger partial charge is 0.417 e. The van der Waals surface area contributed by atoms with E-state index >= 15 is 0 Å². The van der Waals surface area contributed by atoms with Crippen LogP contribution >= 0.6 is 11.6 Å². The Morgan fingerprint density at radius 2 is 2.24 bits per heavy atom. The normalized spacial score (nSPS) is 19.6. The third-order valence-electron chi connectivity index (χ3n) is 3.81. The number of fused-ring (bicyclic) bond motifs is 1. The topological polar surface area (TPSA) is 81.0 Å². The first-order valence-corrected chi connectivity index (χ1v) is 7.90. The Balaban J connectivity index is 1.86. The standard InChI is InChI=1S/C14H16ClF3N6O/c1-8-6-23(2-3-25-8)13(19)20-5-11-21-22-12-10(15)4-9(7-24(11)12)14(16,17)18/h4,7-8H,2-3,5-6H2,1H3,(H2,19,20). The molecule has 3 heterocycles. The number of nitrogens with zero attached hydrogens (tertiary/aromatic N) is 5. The summed E-state index contributed by atoms with van der Waals surface area (Å²) in [6.45, 7) is 3.64. The van der Waals surface area contributed by atoms with Crippen molar-refractivity contribution in [3.63, 3.8) is 0 Å². The molecule has 3 rings (SSSR count). The minimum Gasteiger partial charge on any atom is -0.375 e. The van der Waals surface area contributed by atoms with Gasteiger partial charge < -0.3 is 15.4 Å². The molecule has 1 unspecified atom stereocenters. The van der Waals surface area contributed by atoms with Gasteiger partial charge in [-0.3, -0.25) is 4.40 Å². The zero-order chi connectivity index (χ0) is 18.2.